The number of aromatic nitrogens is 3. The second-order valence-electron chi connectivity index (χ2n) is 7.38. The quantitative estimate of drug-likeness (QED) is 0.330. The van der Waals surface area contributed by atoms with Crippen LogP contribution >= 0.6 is 0 Å². The van der Waals surface area contributed by atoms with Crippen molar-refractivity contribution in [2.24, 2.45) is 0 Å². The maximum Gasteiger partial charge on any atom is 0.264 e. The van der Waals surface area contributed by atoms with Crippen LogP contribution < -0.4 is 24.2 Å². The normalized spacial score (nSPS) is 11.2. The van der Waals surface area contributed by atoms with Gasteiger partial charge in [-0.15, -0.1) is 0 Å². The standard InChI is InChI=1S/C24H25N5O5S/c1-4-12-34-22-20(13-16(32-2)14-21(22)33-3)28-23-24(27-19-10-6-5-9-18(19)26-23)29-35(30,31)17-8-7-11-25-15-17/h5-11,13-15H,4,12H2,1-3H3,(H,26,28)(H,27,29). The topological polar surface area (TPSA) is 125 Å². The molecule has 35 heavy (non-hydrogen) atoms. The molecule has 0 bridgehead atoms. The van der Waals surface area contributed by atoms with Gasteiger partial charge < -0.3 is 19.5 Å². The highest BCUT2D eigenvalue weighted by Gasteiger charge is 2.21. The van der Waals surface area contributed by atoms with Gasteiger partial charge in [-0.25, -0.2) is 18.4 Å². The van der Waals surface area contributed by atoms with Crippen molar-refractivity contribution >= 4 is 38.4 Å². The van der Waals surface area contributed by atoms with Crippen molar-refractivity contribution in [3.8, 4) is 17.2 Å². The number of anilines is 3. The summed E-state index contributed by atoms with van der Waals surface area (Å²) >= 11 is 0. The molecule has 4 rings (SSSR count). The van der Waals surface area contributed by atoms with E-state index in [4.69, 9.17) is 14.2 Å². The molecule has 0 spiro atoms. The Morgan fingerprint density at radius 3 is 2.31 bits per heavy atom. The van der Waals surface area contributed by atoms with Crippen LogP contribution in [0.4, 0.5) is 17.3 Å². The molecular weight excluding hydrogens is 470 g/mol. The predicted molar refractivity (Wildman–Crippen MR) is 133 cm³/mol. The molecule has 0 atom stereocenters. The second-order valence-corrected chi connectivity index (χ2v) is 9.07. The zero-order valence-corrected chi connectivity index (χ0v) is 20.3. The Morgan fingerprint density at radius 2 is 1.69 bits per heavy atom. The molecule has 0 radical (unpaired) electrons. The molecule has 0 unspecified atom stereocenters. The Bertz CT molecular complexity index is 1430. The number of fused-ring (bicyclic) bond motifs is 1. The minimum Gasteiger partial charge on any atom is -0.497 e. The SMILES string of the molecule is CCCOc1c(Nc2nc3ccccc3nc2NS(=O)(=O)c2cccnc2)cc(OC)cc1OC. The number of pyridine rings is 1. The summed E-state index contributed by atoms with van der Waals surface area (Å²) in [6.07, 6.45) is 3.53. The average Bonchev–Trinajstić information content (AvgIpc) is 2.88. The fourth-order valence-electron chi connectivity index (χ4n) is 3.27. The van der Waals surface area contributed by atoms with Gasteiger partial charge in [0.2, 0.25) is 0 Å². The summed E-state index contributed by atoms with van der Waals surface area (Å²) in [5, 5.41) is 3.16. The Kier molecular flexibility index (Phi) is 7.16. The highest BCUT2D eigenvalue weighted by atomic mass is 32.2. The van der Waals surface area contributed by atoms with Crippen molar-refractivity contribution < 1.29 is 22.6 Å². The molecule has 0 aliphatic heterocycles. The van der Waals surface area contributed by atoms with Gasteiger partial charge in [-0.05, 0) is 30.7 Å². The third-order valence-corrected chi connectivity index (χ3v) is 6.26. The number of hydrogen-bond acceptors (Lipinski definition) is 9. The first-order chi connectivity index (χ1) is 16.9. The van der Waals surface area contributed by atoms with E-state index in [1.807, 2.05) is 13.0 Å². The summed E-state index contributed by atoms with van der Waals surface area (Å²) in [4.78, 5) is 13.0. The van der Waals surface area contributed by atoms with Crippen LogP contribution in [0.5, 0.6) is 17.2 Å². The van der Waals surface area contributed by atoms with E-state index in [2.05, 4.69) is 25.0 Å². The van der Waals surface area contributed by atoms with E-state index in [1.165, 1.54) is 32.7 Å². The monoisotopic (exact) mass is 495 g/mol. The van der Waals surface area contributed by atoms with Crippen molar-refractivity contribution in [3.63, 3.8) is 0 Å². The van der Waals surface area contributed by atoms with Crippen LogP contribution in [0.15, 0.2) is 65.8 Å². The van der Waals surface area contributed by atoms with E-state index < -0.39 is 10.0 Å². The maximum absolute atomic E-state index is 13.0. The zero-order chi connectivity index (χ0) is 24.8. The number of para-hydroxylation sites is 2. The Labute approximate surface area is 203 Å². The summed E-state index contributed by atoms with van der Waals surface area (Å²) in [5.41, 5.74) is 1.57. The number of rotatable bonds is 10. The molecule has 2 heterocycles. The molecule has 2 N–H and O–H groups in total. The molecule has 0 aliphatic rings. The number of hydrogen-bond donors (Lipinski definition) is 2. The van der Waals surface area contributed by atoms with Crippen LogP contribution in [0.3, 0.4) is 0 Å². The van der Waals surface area contributed by atoms with Crippen molar-refractivity contribution in [2.45, 2.75) is 18.2 Å². The summed E-state index contributed by atoms with van der Waals surface area (Å²) in [7, 11) is -0.918. The van der Waals surface area contributed by atoms with Gasteiger partial charge in [-0.2, -0.15) is 0 Å². The van der Waals surface area contributed by atoms with Crippen LogP contribution in [-0.4, -0.2) is 44.2 Å². The smallest absolute Gasteiger partial charge is 0.264 e. The Morgan fingerprint density at radius 1 is 0.943 bits per heavy atom. The molecular formula is C24H25N5O5S. The third kappa shape index (κ3) is 5.35. The molecule has 0 aliphatic carbocycles. The molecule has 182 valence electrons. The molecule has 11 heteroatoms. The summed E-state index contributed by atoms with van der Waals surface area (Å²) in [6.45, 7) is 2.44. The summed E-state index contributed by atoms with van der Waals surface area (Å²) in [5.74, 6) is 1.58. The summed E-state index contributed by atoms with van der Waals surface area (Å²) in [6, 6.07) is 13.6. The van der Waals surface area contributed by atoms with E-state index in [9.17, 15) is 8.42 Å². The number of nitrogens with one attached hydrogen (secondary N) is 2. The molecule has 0 fully saturated rings. The molecule has 0 saturated carbocycles. The van der Waals surface area contributed by atoms with Gasteiger partial charge in [0.05, 0.1) is 37.5 Å². The van der Waals surface area contributed by atoms with E-state index >= 15 is 0 Å². The highest BCUT2D eigenvalue weighted by Crippen LogP contribution is 2.41. The minimum absolute atomic E-state index is 0.00377. The molecule has 10 nitrogen and oxygen atoms in total. The lowest BCUT2D eigenvalue weighted by atomic mass is 10.2. The largest absolute Gasteiger partial charge is 0.497 e. The fraction of sp³-hybridized carbons (Fsp3) is 0.208. The van der Waals surface area contributed by atoms with Crippen molar-refractivity contribution in [1.29, 1.82) is 0 Å². The number of methoxy groups -OCH3 is 2. The van der Waals surface area contributed by atoms with E-state index in [0.717, 1.165) is 6.42 Å². The van der Waals surface area contributed by atoms with Crippen molar-refractivity contribution in [3.05, 3.63) is 60.9 Å². The molecule has 4 aromatic rings. The van der Waals surface area contributed by atoms with Crippen LogP contribution in [0.1, 0.15) is 13.3 Å². The first-order valence-corrected chi connectivity index (χ1v) is 12.3. The van der Waals surface area contributed by atoms with Crippen LogP contribution in [-0.2, 0) is 10.0 Å². The van der Waals surface area contributed by atoms with Crippen molar-refractivity contribution in [1.82, 2.24) is 15.0 Å². The van der Waals surface area contributed by atoms with Crippen LogP contribution in [0.25, 0.3) is 11.0 Å². The predicted octanol–water partition coefficient (Wildman–Crippen LogP) is 4.38. The van der Waals surface area contributed by atoms with Gasteiger partial charge in [-0.1, -0.05) is 19.1 Å². The average molecular weight is 496 g/mol. The molecule has 0 amide bonds. The Balaban J connectivity index is 1.83. The van der Waals surface area contributed by atoms with E-state index in [-0.39, 0.29) is 16.5 Å². The first kappa shape index (κ1) is 24.0. The zero-order valence-electron chi connectivity index (χ0n) is 19.5. The second kappa shape index (κ2) is 10.4. The lowest BCUT2D eigenvalue weighted by Crippen LogP contribution is -2.16. The number of ether oxygens (including phenoxy) is 3. The number of benzene rings is 2. The highest BCUT2D eigenvalue weighted by molar-refractivity contribution is 7.92. The lowest BCUT2D eigenvalue weighted by molar-refractivity contribution is 0.294. The first-order valence-electron chi connectivity index (χ1n) is 10.8. The third-order valence-electron chi connectivity index (χ3n) is 4.93. The molecule has 2 aromatic heterocycles. The Hall–Kier alpha value is -4.12. The lowest BCUT2D eigenvalue weighted by Gasteiger charge is -2.19. The molecule has 0 saturated heterocycles. The summed E-state index contributed by atoms with van der Waals surface area (Å²) < 4.78 is 45.5. The van der Waals surface area contributed by atoms with E-state index in [1.54, 1.807) is 36.4 Å². The van der Waals surface area contributed by atoms with Gasteiger partial charge >= 0.3 is 0 Å². The number of sulfonamides is 1. The van der Waals surface area contributed by atoms with Gasteiger partial charge in [0, 0.05) is 24.5 Å². The fourth-order valence-corrected chi connectivity index (χ4v) is 4.24. The maximum atomic E-state index is 13.0. The van der Waals surface area contributed by atoms with E-state index in [0.29, 0.717) is 40.6 Å². The van der Waals surface area contributed by atoms with Crippen LogP contribution in [0, 0.1) is 0 Å². The van der Waals surface area contributed by atoms with Crippen molar-refractivity contribution in [2.75, 3.05) is 30.9 Å². The van der Waals surface area contributed by atoms with Gasteiger partial charge in [-0.3, -0.25) is 9.71 Å². The number of nitrogens with zero attached hydrogens (tertiary/aromatic N) is 3. The van der Waals surface area contributed by atoms with Gasteiger partial charge in [0.1, 0.15) is 10.6 Å². The molecule has 2 aromatic carbocycles. The van der Waals surface area contributed by atoms with Crippen LogP contribution in [0.2, 0.25) is 0 Å². The minimum atomic E-state index is -3.98. The van der Waals surface area contributed by atoms with Gasteiger partial charge in [0.25, 0.3) is 10.0 Å². The van der Waals surface area contributed by atoms with Gasteiger partial charge in [0.15, 0.2) is 23.1 Å².